The van der Waals surface area contributed by atoms with Crippen LogP contribution in [-0.4, -0.2) is 24.2 Å². The van der Waals surface area contributed by atoms with Crippen LogP contribution in [0.5, 0.6) is 5.75 Å². The first-order valence-electron chi connectivity index (χ1n) is 8.26. The van der Waals surface area contributed by atoms with E-state index in [4.69, 9.17) is 4.74 Å². The zero-order valence-electron chi connectivity index (χ0n) is 14.6. The van der Waals surface area contributed by atoms with Gasteiger partial charge >= 0.3 is 5.97 Å². The van der Waals surface area contributed by atoms with Crippen LogP contribution in [0.4, 0.5) is 5.69 Å². The highest BCUT2D eigenvalue weighted by molar-refractivity contribution is 5.95. The summed E-state index contributed by atoms with van der Waals surface area (Å²) in [5.74, 6) is 0.0366. The van der Waals surface area contributed by atoms with E-state index in [-0.39, 0.29) is 0 Å². The van der Waals surface area contributed by atoms with Gasteiger partial charge in [-0.05, 0) is 62.4 Å². The largest absolute Gasteiger partial charge is 0.493 e. The maximum Gasteiger partial charge on any atom is 0.337 e. The number of para-hydroxylation sites is 1. The molecule has 0 amide bonds. The van der Waals surface area contributed by atoms with Crippen molar-refractivity contribution in [2.75, 3.05) is 18.5 Å². The summed E-state index contributed by atoms with van der Waals surface area (Å²) in [6.45, 7) is 7.39. The van der Waals surface area contributed by atoms with Crippen LogP contribution in [0.3, 0.4) is 0 Å². The number of hydrogen-bond acceptors (Lipinski definition) is 3. The lowest BCUT2D eigenvalue weighted by Gasteiger charge is -2.13. The summed E-state index contributed by atoms with van der Waals surface area (Å²) >= 11 is 0. The lowest BCUT2D eigenvalue weighted by Crippen LogP contribution is -2.10. The Morgan fingerprint density at radius 2 is 1.88 bits per heavy atom. The molecule has 4 heteroatoms. The number of aryl methyl sites for hydroxylation is 3. The molecule has 0 fully saturated rings. The van der Waals surface area contributed by atoms with E-state index < -0.39 is 5.97 Å². The van der Waals surface area contributed by atoms with E-state index in [0.717, 1.165) is 36.3 Å². The molecule has 0 aliphatic rings. The quantitative estimate of drug-likeness (QED) is 0.697. The number of benzene rings is 2. The Labute approximate surface area is 143 Å². The molecule has 0 aromatic heterocycles. The molecular weight excluding hydrogens is 302 g/mol. The summed E-state index contributed by atoms with van der Waals surface area (Å²) < 4.78 is 5.83. The van der Waals surface area contributed by atoms with E-state index in [9.17, 15) is 9.90 Å². The number of ether oxygens (including phenoxy) is 1. The highest BCUT2D eigenvalue weighted by Gasteiger charge is 2.11. The predicted molar refractivity (Wildman–Crippen MR) is 97.3 cm³/mol. The average Bonchev–Trinajstić information content (AvgIpc) is 2.54. The van der Waals surface area contributed by atoms with Crippen molar-refractivity contribution >= 4 is 11.7 Å². The second-order valence-electron chi connectivity index (χ2n) is 6.05. The lowest BCUT2D eigenvalue weighted by molar-refractivity contribution is 0.0698. The second-order valence-corrected chi connectivity index (χ2v) is 6.05. The summed E-state index contributed by atoms with van der Waals surface area (Å²) in [4.78, 5) is 11.3. The topological polar surface area (TPSA) is 58.6 Å². The van der Waals surface area contributed by atoms with E-state index in [0.29, 0.717) is 17.9 Å². The molecule has 24 heavy (non-hydrogen) atoms. The smallest absolute Gasteiger partial charge is 0.337 e. The van der Waals surface area contributed by atoms with Gasteiger partial charge in [0.1, 0.15) is 5.75 Å². The number of anilines is 1. The zero-order chi connectivity index (χ0) is 17.5. The number of carbonyl (C=O) groups is 1. The first-order chi connectivity index (χ1) is 11.5. The normalized spacial score (nSPS) is 10.5. The van der Waals surface area contributed by atoms with Crippen molar-refractivity contribution in [1.82, 2.24) is 0 Å². The zero-order valence-corrected chi connectivity index (χ0v) is 14.6. The third-order valence-corrected chi connectivity index (χ3v) is 3.98. The molecule has 4 nitrogen and oxygen atoms in total. The Morgan fingerprint density at radius 3 is 2.62 bits per heavy atom. The van der Waals surface area contributed by atoms with Crippen molar-refractivity contribution in [2.24, 2.45) is 0 Å². The van der Waals surface area contributed by atoms with Crippen LogP contribution in [0.1, 0.15) is 39.9 Å². The molecule has 0 aliphatic heterocycles. The van der Waals surface area contributed by atoms with Gasteiger partial charge in [0.2, 0.25) is 0 Å². The molecule has 0 heterocycles. The van der Waals surface area contributed by atoms with Crippen LogP contribution in [0.15, 0.2) is 36.4 Å². The summed E-state index contributed by atoms with van der Waals surface area (Å²) in [6.07, 6.45) is 1.83. The summed E-state index contributed by atoms with van der Waals surface area (Å²) in [5.41, 5.74) is 4.31. The van der Waals surface area contributed by atoms with Crippen molar-refractivity contribution in [3.8, 4) is 5.75 Å². The molecule has 0 radical (unpaired) electrons. The molecule has 0 atom stereocenters. The molecule has 0 aliphatic carbocycles. The van der Waals surface area contributed by atoms with Gasteiger partial charge in [-0.15, -0.1) is 0 Å². The van der Waals surface area contributed by atoms with Crippen molar-refractivity contribution in [2.45, 2.75) is 33.6 Å². The van der Waals surface area contributed by atoms with E-state index in [1.54, 1.807) is 12.1 Å². The minimum absolute atomic E-state index is 0.321. The fourth-order valence-electron chi connectivity index (χ4n) is 2.57. The van der Waals surface area contributed by atoms with Gasteiger partial charge < -0.3 is 15.2 Å². The van der Waals surface area contributed by atoms with Gasteiger partial charge in [0.05, 0.1) is 17.9 Å². The highest BCUT2D eigenvalue weighted by atomic mass is 16.5. The summed E-state index contributed by atoms with van der Waals surface area (Å²) in [6, 6.07) is 11.5. The van der Waals surface area contributed by atoms with Crippen molar-refractivity contribution in [1.29, 1.82) is 0 Å². The molecular formula is C20H25NO3. The van der Waals surface area contributed by atoms with Gasteiger partial charge in [-0.25, -0.2) is 4.79 Å². The van der Waals surface area contributed by atoms with Crippen LogP contribution in [0, 0.1) is 20.8 Å². The Hall–Kier alpha value is -2.49. The van der Waals surface area contributed by atoms with Crippen molar-refractivity contribution < 1.29 is 14.6 Å². The molecule has 0 spiro atoms. The molecule has 2 aromatic carbocycles. The maximum absolute atomic E-state index is 11.3. The SMILES string of the molecule is Cc1ccc(C)c(OCCCCNc2c(C)cccc2C(=O)O)c1. The third kappa shape index (κ3) is 4.75. The van der Waals surface area contributed by atoms with E-state index >= 15 is 0 Å². The van der Waals surface area contributed by atoms with Crippen LogP contribution >= 0.6 is 0 Å². The van der Waals surface area contributed by atoms with Crippen LogP contribution in [-0.2, 0) is 0 Å². The molecule has 2 aromatic rings. The second kappa shape index (κ2) is 8.39. The van der Waals surface area contributed by atoms with Crippen LogP contribution < -0.4 is 10.1 Å². The summed E-state index contributed by atoms with van der Waals surface area (Å²) in [5, 5.41) is 12.5. The average molecular weight is 327 g/mol. The predicted octanol–water partition coefficient (Wildman–Crippen LogP) is 4.58. The first-order valence-corrected chi connectivity index (χ1v) is 8.26. The monoisotopic (exact) mass is 327 g/mol. The van der Waals surface area contributed by atoms with Gasteiger partial charge in [-0.1, -0.05) is 24.3 Å². The molecule has 0 bridgehead atoms. The van der Waals surface area contributed by atoms with Gasteiger partial charge in [0.15, 0.2) is 0 Å². The van der Waals surface area contributed by atoms with Crippen molar-refractivity contribution in [3.63, 3.8) is 0 Å². The fourth-order valence-corrected chi connectivity index (χ4v) is 2.57. The standard InChI is InChI=1S/C20H25NO3/c1-14-9-10-15(2)18(13-14)24-12-5-4-11-21-19-16(3)7-6-8-17(19)20(22)23/h6-10,13,21H,4-5,11-12H2,1-3H3,(H,22,23). The number of nitrogens with one attached hydrogen (secondary N) is 1. The van der Waals surface area contributed by atoms with Gasteiger partial charge in [0, 0.05) is 6.54 Å². The number of carboxylic acid groups (broad SMARTS) is 1. The van der Waals surface area contributed by atoms with Gasteiger partial charge in [-0.2, -0.15) is 0 Å². The maximum atomic E-state index is 11.3. The van der Waals surface area contributed by atoms with Crippen LogP contribution in [0.25, 0.3) is 0 Å². The third-order valence-electron chi connectivity index (χ3n) is 3.98. The fraction of sp³-hybridized carbons (Fsp3) is 0.350. The van der Waals surface area contributed by atoms with E-state index in [2.05, 4.69) is 30.4 Å². The molecule has 0 unspecified atom stereocenters. The molecule has 2 rings (SSSR count). The van der Waals surface area contributed by atoms with E-state index in [1.807, 2.05) is 19.9 Å². The minimum Gasteiger partial charge on any atom is -0.493 e. The minimum atomic E-state index is -0.903. The van der Waals surface area contributed by atoms with E-state index in [1.165, 1.54) is 5.56 Å². The first kappa shape index (κ1) is 17.9. The number of unbranched alkanes of at least 4 members (excludes halogenated alkanes) is 1. The number of carboxylic acids is 1. The number of hydrogen-bond donors (Lipinski definition) is 2. The summed E-state index contributed by atoms with van der Waals surface area (Å²) in [7, 11) is 0. The Kier molecular flexibility index (Phi) is 6.24. The molecule has 128 valence electrons. The van der Waals surface area contributed by atoms with Crippen molar-refractivity contribution in [3.05, 3.63) is 58.7 Å². The van der Waals surface area contributed by atoms with Gasteiger partial charge in [-0.3, -0.25) is 0 Å². The van der Waals surface area contributed by atoms with Gasteiger partial charge in [0.25, 0.3) is 0 Å². The number of aromatic carboxylic acids is 1. The Balaban J connectivity index is 1.78. The molecule has 0 saturated carbocycles. The Morgan fingerprint density at radius 1 is 1.08 bits per heavy atom. The Bertz CT molecular complexity index is 710. The molecule has 2 N–H and O–H groups in total. The molecule has 0 saturated heterocycles. The lowest BCUT2D eigenvalue weighted by atomic mass is 10.1. The number of rotatable bonds is 8. The van der Waals surface area contributed by atoms with Crippen LogP contribution in [0.2, 0.25) is 0 Å². The highest BCUT2D eigenvalue weighted by Crippen LogP contribution is 2.21.